The Labute approximate surface area is 189 Å². The molecule has 5 aromatic carbocycles. The minimum absolute atomic E-state index is 0.369. The first-order valence-electron chi connectivity index (χ1n) is 10.8. The highest BCUT2D eigenvalue weighted by molar-refractivity contribution is 6.07. The maximum absolute atomic E-state index is 12.1. The summed E-state index contributed by atoms with van der Waals surface area (Å²) in [5.41, 5.74) is -1.47. The van der Waals surface area contributed by atoms with E-state index in [0.717, 1.165) is 43.1 Å². The summed E-state index contributed by atoms with van der Waals surface area (Å²) < 4.78 is 0. The lowest BCUT2D eigenvalue weighted by Gasteiger charge is -2.04. The largest absolute Gasteiger partial charge is 0.288 e. The van der Waals surface area contributed by atoms with E-state index < -0.39 is 0 Å². The molecule has 6 heteroatoms. The number of hydrogen-bond acceptors (Lipinski definition) is 4. The topological polar surface area (TPSA) is 99.9 Å². The fraction of sp³-hybridized carbons (Fsp3) is 0. The number of aromatic amines is 2. The lowest BCUT2D eigenvalue weighted by molar-refractivity contribution is 1.26. The Hall–Kier alpha value is -4.84. The van der Waals surface area contributed by atoms with Crippen LogP contribution < -0.4 is 22.2 Å². The van der Waals surface area contributed by atoms with Gasteiger partial charge in [-0.25, -0.2) is 0 Å². The molecular formula is C28H14N2O4. The second kappa shape index (κ2) is 6.36. The second-order valence-corrected chi connectivity index (χ2v) is 8.69. The first-order chi connectivity index (χ1) is 16.4. The molecule has 2 aromatic heterocycles. The van der Waals surface area contributed by atoms with Crippen LogP contribution in [0.4, 0.5) is 0 Å². The lowest BCUT2D eigenvalue weighted by atomic mass is 9.99. The van der Waals surface area contributed by atoms with Gasteiger partial charge >= 0.3 is 0 Å². The molecule has 0 atom stereocenters. The molecule has 0 radical (unpaired) electrons. The molecule has 0 aliphatic carbocycles. The molecule has 0 spiro atoms. The van der Waals surface area contributed by atoms with Gasteiger partial charge in [0.25, 0.3) is 22.2 Å². The van der Waals surface area contributed by atoms with E-state index >= 15 is 0 Å². The van der Waals surface area contributed by atoms with Crippen LogP contribution in [0.1, 0.15) is 0 Å². The maximum Gasteiger partial charge on any atom is 0.258 e. The number of rotatable bonds is 0. The third-order valence-corrected chi connectivity index (χ3v) is 6.67. The van der Waals surface area contributed by atoms with Gasteiger partial charge in [-0.3, -0.25) is 29.1 Å². The van der Waals surface area contributed by atoms with Crippen molar-refractivity contribution in [3.05, 3.63) is 114 Å². The van der Waals surface area contributed by atoms with E-state index in [1.54, 1.807) is 24.3 Å². The van der Waals surface area contributed by atoms with Gasteiger partial charge in [0.05, 0.1) is 21.5 Å². The van der Waals surface area contributed by atoms with Crippen molar-refractivity contribution in [2.75, 3.05) is 0 Å². The molecule has 0 bridgehead atoms. The number of fused-ring (bicyclic) bond motifs is 6. The number of H-pyrrole nitrogens is 2. The van der Waals surface area contributed by atoms with Gasteiger partial charge in [0.2, 0.25) is 0 Å². The van der Waals surface area contributed by atoms with Crippen LogP contribution in [-0.4, -0.2) is 9.97 Å². The highest BCUT2D eigenvalue weighted by atomic mass is 16.2. The van der Waals surface area contributed by atoms with Crippen molar-refractivity contribution in [1.82, 2.24) is 9.97 Å². The summed E-state index contributed by atoms with van der Waals surface area (Å²) in [6.07, 6.45) is 0. The van der Waals surface area contributed by atoms with E-state index in [4.69, 9.17) is 0 Å². The van der Waals surface area contributed by atoms with E-state index in [1.165, 1.54) is 0 Å². The molecule has 7 aromatic rings. The van der Waals surface area contributed by atoms with E-state index in [1.807, 2.05) is 48.5 Å². The van der Waals surface area contributed by atoms with E-state index in [2.05, 4.69) is 9.97 Å². The minimum atomic E-state index is -0.369. The highest BCUT2D eigenvalue weighted by Crippen LogP contribution is 2.28. The fourth-order valence-electron chi connectivity index (χ4n) is 4.93. The zero-order chi connectivity index (χ0) is 23.1. The number of hydrogen-bond donors (Lipinski definition) is 2. The monoisotopic (exact) mass is 442 g/mol. The zero-order valence-corrected chi connectivity index (χ0v) is 17.6. The van der Waals surface area contributed by atoms with Crippen LogP contribution in [0.25, 0.3) is 64.6 Å². The average molecular weight is 442 g/mol. The SMILES string of the molecule is O=c1[nH]c(=O)c2cc3cc4ccc5cc6cc7c(=O)[nH]c(=O)c7cc6cc5ccc4cc3cc12. The van der Waals surface area contributed by atoms with Crippen LogP contribution in [0.5, 0.6) is 0 Å². The molecule has 34 heavy (non-hydrogen) atoms. The van der Waals surface area contributed by atoms with Crippen LogP contribution in [0, 0.1) is 0 Å². The van der Waals surface area contributed by atoms with Gasteiger partial charge in [-0.2, -0.15) is 0 Å². The van der Waals surface area contributed by atoms with E-state index in [-0.39, 0.29) is 22.2 Å². The van der Waals surface area contributed by atoms with Gasteiger partial charge in [-0.05, 0) is 91.6 Å². The summed E-state index contributed by atoms with van der Waals surface area (Å²) in [5.74, 6) is 0. The van der Waals surface area contributed by atoms with Gasteiger partial charge in [-0.1, -0.05) is 24.3 Å². The van der Waals surface area contributed by atoms with Crippen molar-refractivity contribution in [1.29, 1.82) is 0 Å². The molecular weight excluding hydrogens is 428 g/mol. The van der Waals surface area contributed by atoms with Gasteiger partial charge in [0.1, 0.15) is 0 Å². The molecule has 2 heterocycles. The van der Waals surface area contributed by atoms with Crippen molar-refractivity contribution in [3.8, 4) is 0 Å². The summed E-state index contributed by atoms with van der Waals surface area (Å²) >= 11 is 0. The van der Waals surface area contributed by atoms with Crippen molar-refractivity contribution >= 4 is 64.6 Å². The van der Waals surface area contributed by atoms with Gasteiger partial charge in [0.15, 0.2) is 0 Å². The standard InChI is InChI=1S/C28H14N2O4/c31-25-21-9-17-5-13-1-2-14-6-18-10-22-24(28(34)30-26(22)32)12-20(18)8-16(14)4-3-15(13)7-19(17)11-23(21)27(33)29-25/h1-12H,(H,29,31,33)(H,30,32,34). The van der Waals surface area contributed by atoms with Crippen LogP contribution >= 0.6 is 0 Å². The first kappa shape index (κ1) is 18.7. The van der Waals surface area contributed by atoms with Crippen LogP contribution in [0.2, 0.25) is 0 Å². The maximum atomic E-state index is 12.1. The normalized spacial score (nSPS) is 12.0. The van der Waals surface area contributed by atoms with Crippen molar-refractivity contribution in [3.63, 3.8) is 0 Å². The molecule has 0 amide bonds. The molecule has 0 aliphatic heterocycles. The average Bonchev–Trinajstić information content (AvgIpc) is 3.25. The Balaban J connectivity index is 1.54. The Bertz CT molecular complexity index is 1940. The Morgan fingerprint density at radius 2 is 0.559 bits per heavy atom. The third-order valence-electron chi connectivity index (χ3n) is 6.67. The quantitative estimate of drug-likeness (QED) is 0.369. The summed E-state index contributed by atoms with van der Waals surface area (Å²) in [6, 6.07) is 23.2. The molecule has 160 valence electrons. The minimum Gasteiger partial charge on any atom is -0.288 e. The Kier molecular flexibility index (Phi) is 3.50. The summed E-state index contributed by atoms with van der Waals surface area (Å²) in [4.78, 5) is 52.9. The molecule has 0 saturated carbocycles. The predicted molar refractivity (Wildman–Crippen MR) is 136 cm³/mol. The summed E-state index contributed by atoms with van der Waals surface area (Å²) in [7, 11) is 0. The molecule has 0 fully saturated rings. The Morgan fingerprint density at radius 1 is 0.324 bits per heavy atom. The van der Waals surface area contributed by atoms with E-state index in [9.17, 15) is 19.2 Å². The third kappa shape index (κ3) is 2.56. The number of nitrogens with one attached hydrogen (secondary N) is 2. The fourth-order valence-corrected chi connectivity index (χ4v) is 4.93. The number of benzene rings is 4. The van der Waals surface area contributed by atoms with Crippen molar-refractivity contribution < 1.29 is 0 Å². The smallest absolute Gasteiger partial charge is 0.258 e. The lowest BCUT2D eigenvalue weighted by Crippen LogP contribution is -2.05. The molecule has 7 rings (SSSR count). The predicted octanol–water partition coefficient (Wildman–Crippen LogP) is 4.14. The van der Waals surface area contributed by atoms with Crippen LogP contribution in [0.15, 0.2) is 92.0 Å². The number of aromatic nitrogens is 2. The van der Waals surface area contributed by atoms with Crippen molar-refractivity contribution in [2.24, 2.45) is 0 Å². The first-order valence-corrected chi connectivity index (χ1v) is 10.8. The summed E-state index contributed by atoms with van der Waals surface area (Å²) in [5, 5.41) is 9.05. The highest BCUT2D eigenvalue weighted by Gasteiger charge is 2.10. The Morgan fingerprint density at radius 3 is 0.794 bits per heavy atom. The van der Waals surface area contributed by atoms with Gasteiger partial charge in [-0.15, -0.1) is 0 Å². The van der Waals surface area contributed by atoms with Crippen LogP contribution in [0.3, 0.4) is 0 Å². The molecule has 0 aliphatic rings. The van der Waals surface area contributed by atoms with Gasteiger partial charge < -0.3 is 0 Å². The molecule has 0 unspecified atom stereocenters. The second-order valence-electron chi connectivity index (χ2n) is 8.69. The van der Waals surface area contributed by atoms with Crippen LogP contribution in [-0.2, 0) is 0 Å². The molecule has 0 saturated heterocycles. The summed E-state index contributed by atoms with van der Waals surface area (Å²) in [6.45, 7) is 0. The molecule has 6 nitrogen and oxygen atoms in total. The molecule has 2 N–H and O–H groups in total. The van der Waals surface area contributed by atoms with Gasteiger partial charge in [0, 0.05) is 0 Å². The van der Waals surface area contributed by atoms with Crippen molar-refractivity contribution in [2.45, 2.75) is 0 Å². The zero-order valence-electron chi connectivity index (χ0n) is 17.6. The van der Waals surface area contributed by atoms with E-state index in [0.29, 0.717) is 21.5 Å².